The molecule has 0 aromatic rings. The molecule has 0 heterocycles. The number of nitrogens with zero attached hydrogens (tertiary/aromatic N) is 5. The molecule has 0 aromatic heterocycles. The summed E-state index contributed by atoms with van der Waals surface area (Å²) in [5.74, 6) is 0. The topological polar surface area (TPSA) is 331 Å². The summed E-state index contributed by atoms with van der Waals surface area (Å²) in [6.45, 7) is 0. The second-order valence-electron chi connectivity index (χ2n) is 1.12. The minimum Gasteiger partial charge on any atom is -0.356 e. The number of hydrogen-bond donors (Lipinski definition) is 0. The van der Waals surface area contributed by atoms with Crippen LogP contribution in [0.1, 0.15) is 0 Å². The third-order valence-corrected chi connectivity index (χ3v) is 0. The van der Waals surface area contributed by atoms with Crippen LogP contribution in [-0.2, 0) is 34.4 Å². The maximum absolute atomic E-state index is 8.25. The van der Waals surface area contributed by atoms with Crippen LogP contribution in [0.5, 0.6) is 0 Å². The van der Waals surface area contributed by atoms with Crippen LogP contribution in [0.3, 0.4) is 0 Å². The van der Waals surface area contributed by atoms with Crippen molar-refractivity contribution in [2.45, 2.75) is 0 Å². The van der Waals surface area contributed by atoms with Gasteiger partial charge in [0.1, 0.15) is 0 Å². The second kappa shape index (κ2) is 36.1. The van der Waals surface area contributed by atoms with Gasteiger partial charge in [0.05, 0.1) is 25.4 Å². The average molecular weight is 417 g/mol. The van der Waals surface area contributed by atoms with Crippen molar-refractivity contribution in [2.24, 2.45) is 0 Å². The fourth-order valence-electron chi connectivity index (χ4n) is 0. The van der Waals surface area contributed by atoms with Crippen molar-refractivity contribution in [3.63, 3.8) is 0 Å². The molecule has 0 atom stereocenters. The molecule has 0 bridgehead atoms. The molecule has 20 nitrogen and oxygen atoms in total. The molecule has 0 rings (SSSR count). The van der Waals surface area contributed by atoms with Crippen LogP contribution in [0.2, 0.25) is 0 Å². The number of rotatable bonds is 0. The normalized spacial score (nSPS) is 5.45. The van der Waals surface area contributed by atoms with Gasteiger partial charge in [-0.25, -0.2) is 0 Å². The van der Waals surface area contributed by atoms with Gasteiger partial charge in [0, 0.05) is 0 Å². The van der Waals surface area contributed by atoms with Crippen molar-refractivity contribution in [1.82, 2.24) is 0 Å². The van der Waals surface area contributed by atoms with E-state index in [-0.39, 0.29) is 34.4 Å². The second-order valence-corrected chi connectivity index (χ2v) is 1.12. The molecule has 0 aliphatic carbocycles. The predicted octanol–water partition coefficient (Wildman–Crippen LogP) is -1.20. The minimum atomic E-state index is -1.75. The molecular weight excluding hydrogens is 417 g/mol. The van der Waals surface area contributed by atoms with Crippen molar-refractivity contribution < 1.29 is 59.9 Å². The summed E-state index contributed by atoms with van der Waals surface area (Å²) in [6.07, 6.45) is 0. The van der Waals surface area contributed by atoms with E-state index in [2.05, 4.69) is 0 Å². The molecule has 0 fully saturated rings. The van der Waals surface area contributed by atoms with Crippen LogP contribution in [0.25, 0.3) is 0 Å². The molecule has 128 valence electrons. The molecule has 0 saturated heterocycles. The molecule has 0 N–H and O–H groups in total. The Labute approximate surface area is 137 Å². The summed E-state index contributed by atoms with van der Waals surface area (Å²) in [6, 6.07) is 0. The molecule has 22 heteroatoms. The van der Waals surface area contributed by atoms with Crippen LogP contribution >= 0.6 is 0 Å². The van der Waals surface area contributed by atoms with Crippen molar-refractivity contribution in [3.8, 4) is 0 Å². The SMILES string of the molecule is O=[N+]([O-])[O-].O=[N+]([O-])[O-].O=[N+]([O-])[O-].O=[N+]([O-])[O-].O=[N+]([O-])[O-].[Cr+3].[Mn+2]. The van der Waals surface area contributed by atoms with Gasteiger partial charge in [-0.1, -0.05) is 0 Å². The first-order valence-corrected chi connectivity index (χ1v) is 2.74. The van der Waals surface area contributed by atoms with Gasteiger partial charge in [-0.05, 0) is 0 Å². The molecule has 2 radical (unpaired) electrons. The monoisotopic (exact) mass is 417 g/mol. The van der Waals surface area contributed by atoms with E-state index >= 15 is 0 Å². The summed E-state index contributed by atoms with van der Waals surface area (Å²) < 4.78 is 0. The van der Waals surface area contributed by atoms with Crippen molar-refractivity contribution >= 4 is 0 Å². The molecule has 0 amide bonds. The average Bonchev–Trinajstić information content (AvgIpc) is 1.94. The van der Waals surface area contributed by atoms with E-state index in [1.165, 1.54) is 0 Å². The zero-order valence-electron chi connectivity index (χ0n) is 9.15. The number of hydrogen-bond acceptors (Lipinski definition) is 15. The van der Waals surface area contributed by atoms with Crippen LogP contribution in [0, 0.1) is 76.6 Å². The molecule has 0 unspecified atom stereocenters. The van der Waals surface area contributed by atoms with Gasteiger partial charge in [-0.3, -0.25) is 0 Å². The fraction of sp³-hybridized carbons (Fsp3) is 0. The summed E-state index contributed by atoms with van der Waals surface area (Å²) >= 11 is 0. The van der Waals surface area contributed by atoms with Crippen LogP contribution in [-0.4, -0.2) is 25.4 Å². The van der Waals surface area contributed by atoms with Crippen molar-refractivity contribution in [3.05, 3.63) is 76.6 Å². The van der Waals surface area contributed by atoms with Crippen molar-refractivity contribution in [2.75, 3.05) is 0 Å². The van der Waals surface area contributed by atoms with E-state index in [1.807, 2.05) is 0 Å². The summed E-state index contributed by atoms with van der Waals surface area (Å²) in [7, 11) is 0. The summed E-state index contributed by atoms with van der Waals surface area (Å²) in [4.78, 5) is 41.2. The largest absolute Gasteiger partial charge is 3.00 e. The summed E-state index contributed by atoms with van der Waals surface area (Å²) in [5, 5.41) is 73.8. The Balaban J connectivity index is -0.0000000250. The maximum Gasteiger partial charge on any atom is 3.00 e. The first kappa shape index (κ1) is 42.7. The predicted molar refractivity (Wildman–Crippen MR) is 51.8 cm³/mol. The van der Waals surface area contributed by atoms with Crippen LogP contribution in [0.15, 0.2) is 0 Å². The first-order chi connectivity index (χ1) is 8.66. The zero-order valence-corrected chi connectivity index (χ0v) is 11.6. The Kier molecular flexibility index (Phi) is 70.2. The quantitative estimate of drug-likeness (QED) is 0.253. The van der Waals surface area contributed by atoms with Gasteiger partial charge in [0.2, 0.25) is 0 Å². The molecule has 0 spiro atoms. The fourth-order valence-corrected chi connectivity index (χ4v) is 0. The Morgan fingerprint density at radius 2 is 0.364 bits per heavy atom. The first-order valence-electron chi connectivity index (χ1n) is 2.74. The Morgan fingerprint density at radius 1 is 0.364 bits per heavy atom. The molecule has 0 saturated carbocycles. The van der Waals surface area contributed by atoms with Gasteiger partial charge in [0.15, 0.2) is 0 Å². The molecule has 0 aliphatic rings. The van der Waals surface area contributed by atoms with Gasteiger partial charge in [0.25, 0.3) is 0 Å². The van der Waals surface area contributed by atoms with Crippen LogP contribution < -0.4 is 0 Å². The van der Waals surface area contributed by atoms with Crippen LogP contribution in [0.4, 0.5) is 0 Å². The van der Waals surface area contributed by atoms with E-state index < -0.39 is 25.4 Å². The van der Waals surface area contributed by atoms with Gasteiger partial charge >= 0.3 is 34.4 Å². The smallest absolute Gasteiger partial charge is 0.356 e. The zero-order chi connectivity index (χ0) is 17.9. The van der Waals surface area contributed by atoms with E-state index in [1.54, 1.807) is 0 Å². The standard InChI is InChI=1S/Cr.Mn.5NO3/c;;5*2-1(3)4/q+3;+2;5*-1. The minimum absolute atomic E-state index is 0. The molecule has 22 heavy (non-hydrogen) atoms. The van der Waals surface area contributed by atoms with Gasteiger partial charge in [-0.15, -0.1) is 0 Å². The van der Waals surface area contributed by atoms with Gasteiger partial charge < -0.3 is 76.6 Å². The van der Waals surface area contributed by atoms with E-state index in [0.29, 0.717) is 0 Å². The van der Waals surface area contributed by atoms with Gasteiger partial charge in [-0.2, -0.15) is 0 Å². The Hall–Kier alpha value is -2.95. The van der Waals surface area contributed by atoms with E-state index in [0.717, 1.165) is 0 Å². The molecule has 0 aromatic carbocycles. The molecular formula is CrMnN5O15. The third-order valence-electron chi connectivity index (χ3n) is 0. The van der Waals surface area contributed by atoms with Crippen molar-refractivity contribution in [1.29, 1.82) is 0 Å². The Morgan fingerprint density at radius 3 is 0.364 bits per heavy atom. The maximum atomic E-state index is 8.25. The molecule has 0 aliphatic heterocycles. The summed E-state index contributed by atoms with van der Waals surface area (Å²) in [5.41, 5.74) is 0. The van der Waals surface area contributed by atoms with E-state index in [9.17, 15) is 0 Å². The van der Waals surface area contributed by atoms with E-state index in [4.69, 9.17) is 76.6 Å². The third kappa shape index (κ3) is 506. The Bertz CT molecular complexity index is 213.